The van der Waals surface area contributed by atoms with Crippen molar-refractivity contribution in [2.45, 2.75) is 37.6 Å². The van der Waals surface area contributed by atoms with Crippen LogP contribution < -0.4 is 5.32 Å². The summed E-state index contributed by atoms with van der Waals surface area (Å²) in [4.78, 5) is 9.43. The maximum atomic E-state index is 14.2. The van der Waals surface area contributed by atoms with Crippen LogP contribution in [0.25, 0.3) is 33.6 Å². The molecule has 0 radical (unpaired) electrons. The Morgan fingerprint density at radius 1 is 0.970 bits per heavy atom. The molecule has 2 N–H and O–H groups in total. The molecule has 8 nitrogen and oxygen atoms in total. The maximum absolute atomic E-state index is 14.2. The van der Waals surface area contributed by atoms with Gasteiger partial charge in [0, 0.05) is 54.9 Å². The number of nitrogens with one attached hydrogen (secondary N) is 1. The molecular weight excluding hydrogens is 421 g/mol. The Hall–Kier alpha value is -3.59. The zero-order valence-corrected chi connectivity index (χ0v) is 18.6. The Labute approximate surface area is 191 Å². The van der Waals surface area contributed by atoms with Crippen LogP contribution in [0.3, 0.4) is 0 Å². The molecule has 0 saturated heterocycles. The van der Waals surface area contributed by atoms with Gasteiger partial charge in [-0.25, -0.2) is 14.4 Å². The fraction of sp³-hybridized carbons (Fsp3) is 0.333. The first-order valence-corrected chi connectivity index (χ1v) is 11.0. The highest BCUT2D eigenvalue weighted by Gasteiger charge is 2.32. The zero-order valence-electron chi connectivity index (χ0n) is 18.6. The molecule has 1 saturated carbocycles. The molecule has 0 unspecified atom stereocenters. The third kappa shape index (κ3) is 4.36. The van der Waals surface area contributed by atoms with Crippen LogP contribution in [-0.4, -0.2) is 53.0 Å². The van der Waals surface area contributed by atoms with Gasteiger partial charge in [-0.15, -0.1) is 0 Å². The molecule has 1 aliphatic carbocycles. The quantitative estimate of drug-likeness (QED) is 0.486. The van der Waals surface area contributed by atoms with E-state index in [2.05, 4.69) is 20.5 Å². The fourth-order valence-electron chi connectivity index (χ4n) is 4.27. The lowest BCUT2D eigenvalue weighted by Gasteiger charge is -2.31. The Morgan fingerprint density at radius 3 is 2.42 bits per heavy atom. The molecule has 170 valence electrons. The summed E-state index contributed by atoms with van der Waals surface area (Å²) in [5.74, 6) is 1.09. The highest BCUT2D eigenvalue weighted by atomic mass is 19.1. The largest absolute Gasteiger partial charge is 0.388 e. The number of aliphatic hydroxyl groups excluding tert-OH is 1. The standard InChI is InChI=1S/C24H26FN7O/c1-31-13-17(10-27-31)15-5-3-6-16(9-15)23-26-12-19(18-11-28-32(2)14-18)24(30-23)29-21-8-4-7-20(25)22(21)33/h3,5-6,9-14,20-22,33H,4,7-8H2,1-2H3,(H,26,29,30)/t20-,21-,22+/m1/s1. The molecule has 0 amide bonds. The second-order valence-electron chi connectivity index (χ2n) is 8.53. The first-order chi connectivity index (χ1) is 16.0. The summed E-state index contributed by atoms with van der Waals surface area (Å²) in [7, 11) is 3.72. The molecule has 0 spiro atoms. The Kier molecular flexibility index (Phi) is 5.63. The summed E-state index contributed by atoms with van der Waals surface area (Å²) in [6, 6.07) is 7.53. The molecule has 1 aliphatic rings. The lowest BCUT2D eigenvalue weighted by atomic mass is 9.91. The van der Waals surface area contributed by atoms with Gasteiger partial charge in [0.15, 0.2) is 5.82 Å². The number of aromatic nitrogens is 6. The van der Waals surface area contributed by atoms with Crippen molar-refractivity contribution >= 4 is 5.82 Å². The summed E-state index contributed by atoms with van der Waals surface area (Å²) in [5.41, 5.74) is 4.47. The third-order valence-corrected chi connectivity index (χ3v) is 6.06. The van der Waals surface area contributed by atoms with Crippen LogP contribution in [0.5, 0.6) is 0 Å². The van der Waals surface area contributed by atoms with E-state index in [9.17, 15) is 9.50 Å². The van der Waals surface area contributed by atoms with Crippen molar-refractivity contribution in [2.24, 2.45) is 14.1 Å². The molecule has 4 aromatic rings. The summed E-state index contributed by atoms with van der Waals surface area (Å²) in [6.45, 7) is 0. The predicted molar refractivity (Wildman–Crippen MR) is 124 cm³/mol. The molecule has 0 bridgehead atoms. The van der Waals surface area contributed by atoms with E-state index in [-0.39, 0.29) is 0 Å². The van der Waals surface area contributed by atoms with Crippen LogP contribution >= 0.6 is 0 Å². The minimum absolute atomic E-state index is 0.380. The third-order valence-electron chi connectivity index (χ3n) is 6.06. The molecule has 3 atom stereocenters. The normalized spacial score (nSPS) is 20.7. The molecule has 1 fully saturated rings. The smallest absolute Gasteiger partial charge is 0.161 e. The lowest BCUT2D eigenvalue weighted by molar-refractivity contribution is 0.0342. The highest BCUT2D eigenvalue weighted by Crippen LogP contribution is 2.32. The van der Waals surface area contributed by atoms with Crippen LogP contribution in [0, 0.1) is 0 Å². The van der Waals surface area contributed by atoms with E-state index in [1.54, 1.807) is 21.8 Å². The van der Waals surface area contributed by atoms with Gasteiger partial charge in [0.05, 0.1) is 18.4 Å². The van der Waals surface area contributed by atoms with Gasteiger partial charge in [0.25, 0.3) is 0 Å². The van der Waals surface area contributed by atoms with E-state index < -0.39 is 18.3 Å². The van der Waals surface area contributed by atoms with Gasteiger partial charge in [-0.05, 0) is 30.9 Å². The summed E-state index contributed by atoms with van der Waals surface area (Å²) in [5, 5.41) is 22.2. The Morgan fingerprint density at radius 2 is 1.70 bits per heavy atom. The number of benzene rings is 1. The van der Waals surface area contributed by atoms with E-state index in [0.29, 0.717) is 30.9 Å². The number of alkyl halides is 1. The van der Waals surface area contributed by atoms with Crippen molar-refractivity contribution in [3.63, 3.8) is 0 Å². The molecule has 1 aromatic carbocycles. The van der Waals surface area contributed by atoms with E-state index in [0.717, 1.165) is 27.8 Å². The van der Waals surface area contributed by atoms with Crippen LogP contribution in [-0.2, 0) is 14.1 Å². The van der Waals surface area contributed by atoms with Gasteiger partial charge in [0.1, 0.15) is 18.1 Å². The van der Waals surface area contributed by atoms with Crippen molar-refractivity contribution in [1.82, 2.24) is 29.5 Å². The summed E-state index contributed by atoms with van der Waals surface area (Å²) < 4.78 is 17.6. The Bertz CT molecular complexity index is 1270. The fourth-order valence-corrected chi connectivity index (χ4v) is 4.27. The average Bonchev–Trinajstić information content (AvgIpc) is 3.45. The molecule has 3 heterocycles. The SMILES string of the molecule is Cn1cc(-c2cccc(-c3ncc(-c4cnn(C)c4)c(N[C@@H]4CCC[C@@H](F)[C@@H]4O)n3)c2)cn1. The van der Waals surface area contributed by atoms with Gasteiger partial charge in [-0.1, -0.05) is 18.2 Å². The second kappa shape index (κ2) is 8.74. The molecule has 9 heteroatoms. The molecule has 5 rings (SSSR count). The first-order valence-electron chi connectivity index (χ1n) is 11.0. The Balaban J connectivity index is 1.54. The van der Waals surface area contributed by atoms with Crippen molar-refractivity contribution in [2.75, 3.05) is 5.32 Å². The van der Waals surface area contributed by atoms with Gasteiger partial charge < -0.3 is 10.4 Å². The van der Waals surface area contributed by atoms with Gasteiger partial charge in [0.2, 0.25) is 0 Å². The minimum atomic E-state index is -1.24. The van der Waals surface area contributed by atoms with Crippen molar-refractivity contribution in [1.29, 1.82) is 0 Å². The highest BCUT2D eigenvalue weighted by molar-refractivity contribution is 5.76. The average molecular weight is 448 g/mol. The van der Waals surface area contributed by atoms with E-state index in [1.807, 2.05) is 57.0 Å². The van der Waals surface area contributed by atoms with E-state index in [1.165, 1.54) is 0 Å². The first kappa shape index (κ1) is 21.3. The second-order valence-corrected chi connectivity index (χ2v) is 8.53. The molecule has 0 aliphatic heterocycles. The van der Waals surface area contributed by atoms with Crippen LogP contribution in [0.15, 0.2) is 55.2 Å². The number of rotatable bonds is 5. The van der Waals surface area contributed by atoms with Gasteiger partial charge >= 0.3 is 0 Å². The number of hydrogen-bond donors (Lipinski definition) is 2. The predicted octanol–water partition coefficient (Wildman–Crippen LogP) is 3.61. The number of hydrogen-bond acceptors (Lipinski definition) is 6. The van der Waals surface area contributed by atoms with Crippen molar-refractivity contribution in [3.05, 3.63) is 55.2 Å². The summed E-state index contributed by atoms with van der Waals surface area (Å²) >= 11 is 0. The number of halogens is 1. The molecule has 3 aromatic heterocycles. The monoisotopic (exact) mass is 447 g/mol. The number of aliphatic hydroxyl groups is 1. The summed E-state index contributed by atoms with van der Waals surface area (Å²) in [6.07, 6.45) is 8.58. The number of anilines is 1. The minimum Gasteiger partial charge on any atom is -0.388 e. The van der Waals surface area contributed by atoms with Crippen LogP contribution in [0.2, 0.25) is 0 Å². The van der Waals surface area contributed by atoms with E-state index in [4.69, 9.17) is 4.98 Å². The number of nitrogens with zero attached hydrogens (tertiary/aromatic N) is 6. The van der Waals surface area contributed by atoms with Gasteiger partial charge in [-0.3, -0.25) is 9.36 Å². The van der Waals surface area contributed by atoms with Crippen molar-refractivity contribution < 1.29 is 9.50 Å². The van der Waals surface area contributed by atoms with Gasteiger partial charge in [-0.2, -0.15) is 10.2 Å². The topological polar surface area (TPSA) is 93.7 Å². The van der Waals surface area contributed by atoms with Crippen molar-refractivity contribution in [3.8, 4) is 33.6 Å². The molecular formula is C24H26FN7O. The lowest BCUT2D eigenvalue weighted by Crippen LogP contribution is -2.43. The zero-order chi connectivity index (χ0) is 22.9. The van der Waals surface area contributed by atoms with Crippen LogP contribution in [0.1, 0.15) is 19.3 Å². The van der Waals surface area contributed by atoms with E-state index >= 15 is 0 Å². The molecule has 33 heavy (non-hydrogen) atoms. The van der Waals surface area contributed by atoms with Crippen LogP contribution in [0.4, 0.5) is 10.2 Å². The number of aryl methyl sites for hydroxylation is 2. The maximum Gasteiger partial charge on any atom is 0.161 e.